The maximum atomic E-state index is 12.9. The first-order chi connectivity index (χ1) is 16.5. The topological polar surface area (TPSA) is 65.1 Å². The van der Waals surface area contributed by atoms with Gasteiger partial charge in [0.2, 0.25) is 6.79 Å². The highest BCUT2D eigenvalue weighted by Gasteiger charge is 2.35. The van der Waals surface area contributed by atoms with Gasteiger partial charge in [0.05, 0.1) is 16.5 Å². The van der Waals surface area contributed by atoms with E-state index < -0.39 is 5.91 Å². The summed E-state index contributed by atoms with van der Waals surface area (Å²) in [5.41, 5.74) is 2.31. The van der Waals surface area contributed by atoms with Crippen LogP contribution < -0.4 is 14.2 Å². The Morgan fingerprint density at radius 3 is 2.50 bits per heavy atom. The fourth-order valence-electron chi connectivity index (χ4n) is 3.50. The average molecular weight is 514 g/mol. The molecule has 0 atom stereocenters. The molecule has 172 valence electrons. The number of hydrogen-bond donors (Lipinski definition) is 0. The monoisotopic (exact) mass is 513 g/mol. The van der Waals surface area contributed by atoms with Gasteiger partial charge in [0.15, 0.2) is 11.5 Å². The molecule has 0 N–H and O–H groups in total. The zero-order valence-corrected chi connectivity index (χ0v) is 20.0. The number of thioether (sulfide) groups is 1. The van der Waals surface area contributed by atoms with E-state index in [9.17, 15) is 9.59 Å². The van der Waals surface area contributed by atoms with E-state index in [0.717, 1.165) is 22.2 Å². The van der Waals surface area contributed by atoms with E-state index in [1.807, 2.05) is 30.3 Å². The first kappa shape index (κ1) is 22.7. The number of nitrogens with zero attached hydrogens (tertiary/aromatic N) is 1. The van der Waals surface area contributed by atoms with Crippen LogP contribution in [0.3, 0.4) is 0 Å². The van der Waals surface area contributed by atoms with Crippen molar-refractivity contribution in [3.8, 4) is 17.2 Å². The van der Waals surface area contributed by atoms with Crippen molar-refractivity contribution in [2.24, 2.45) is 0 Å². The molecule has 0 spiro atoms. The van der Waals surface area contributed by atoms with Crippen molar-refractivity contribution in [3.05, 3.63) is 92.3 Å². The Morgan fingerprint density at radius 1 is 0.971 bits per heavy atom. The van der Waals surface area contributed by atoms with E-state index in [4.69, 9.17) is 37.4 Å². The summed E-state index contributed by atoms with van der Waals surface area (Å²) < 4.78 is 16.5. The number of fused-ring (bicyclic) bond motifs is 1. The molecule has 2 amide bonds. The SMILES string of the molecule is O=C1S/C(=C\c2ccc(OCc3ccccc3)c(Cl)c2)C(=O)N1Cc1cc2c(cc1Cl)OCO2. The summed E-state index contributed by atoms with van der Waals surface area (Å²) in [5.74, 6) is 1.21. The number of amides is 2. The van der Waals surface area contributed by atoms with Gasteiger partial charge in [0.25, 0.3) is 11.1 Å². The predicted molar refractivity (Wildman–Crippen MR) is 131 cm³/mol. The molecular weight excluding hydrogens is 497 g/mol. The van der Waals surface area contributed by atoms with Crippen LogP contribution in [0.5, 0.6) is 17.2 Å². The van der Waals surface area contributed by atoms with Crippen LogP contribution in [0, 0.1) is 0 Å². The molecule has 0 bridgehead atoms. The van der Waals surface area contributed by atoms with Crippen LogP contribution in [0.2, 0.25) is 10.0 Å². The lowest BCUT2D eigenvalue weighted by Crippen LogP contribution is -2.27. The summed E-state index contributed by atoms with van der Waals surface area (Å²) >= 11 is 13.6. The number of benzene rings is 3. The highest BCUT2D eigenvalue weighted by Crippen LogP contribution is 2.39. The van der Waals surface area contributed by atoms with E-state index in [1.165, 1.54) is 0 Å². The van der Waals surface area contributed by atoms with Crippen molar-refractivity contribution in [2.75, 3.05) is 6.79 Å². The molecule has 5 rings (SSSR count). The van der Waals surface area contributed by atoms with Crippen LogP contribution in [-0.2, 0) is 17.9 Å². The number of ether oxygens (including phenoxy) is 3. The van der Waals surface area contributed by atoms with Gasteiger partial charge in [-0.3, -0.25) is 14.5 Å². The molecule has 0 aromatic heterocycles. The number of imide groups is 1. The maximum absolute atomic E-state index is 12.9. The summed E-state index contributed by atoms with van der Waals surface area (Å²) in [4.78, 5) is 27.0. The van der Waals surface area contributed by atoms with Crippen LogP contribution in [-0.4, -0.2) is 22.8 Å². The minimum Gasteiger partial charge on any atom is -0.487 e. The first-order valence-corrected chi connectivity index (χ1v) is 11.8. The number of carbonyl (C=O) groups excluding carboxylic acids is 2. The molecule has 0 saturated carbocycles. The second-order valence-corrected chi connectivity index (χ2v) is 9.34. The van der Waals surface area contributed by atoms with Crippen molar-refractivity contribution in [1.82, 2.24) is 4.90 Å². The van der Waals surface area contributed by atoms with Gasteiger partial charge < -0.3 is 14.2 Å². The minimum atomic E-state index is -0.399. The third kappa shape index (κ3) is 4.73. The quantitative estimate of drug-likeness (QED) is 0.348. The second-order valence-electron chi connectivity index (χ2n) is 7.53. The molecule has 3 aromatic carbocycles. The molecule has 2 aliphatic heterocycles. The summed E-state index contributed by atoms with van der Waals surface area (Å²) in [6, 6.07) is 18.3. The molecule has 0 unspecified atom stereocenters. The molecule has 0 aliphatic carbocycles. The largest absolute Gasteiger partial charge is 0.487 e. The Kier molecular flexibility index (Phi) is 6.41. The number of carbonyl (C=O) groups is 2. The molecule has 34 heavy (non-hydrogen) atoms. The fourth-order valence-corrected chi connectivity index (χ4v) is 4.79. The highest BCUT2D eigenvalue weighted by atomic mass is 35.5. The lowest BCUT2D eigenvalue weighted by Gasteiger charge is -2.14. The third-order valence-electron chi connectivity index (χ3n) is 5.23. The lowest BCUT2D eigenvalue weighted by molar-refractivity contribution is -0.123. The van der Waals surface area contributed by atoms with Gasteiger partial charge >= 0.3 is 0 Å². The van der Waals surface area contributed by atoms with Crippen molar-refractivity contribution in [2.45, 2.75) is 13.2 Å². The zero-order valence-electron chi connectivity index (χ0n) is 17.6. The maximum Gasteiger partial charge on any atom is 0.293 e. The number of rotatable bonds is 6. The van der Waals surface area contributed by atoms with Gasteiger partial charge in [0.1, 0.15) is 12.4 Å². The van der Waals surface area contributed by atoms with Crippen molar-refractivity contribution >= 4 is 52.2 Å². The molecule has 6 nitrogen and oxygen atoms in total. The highest BCUT2D eigenvalue weighted by molar-refractivity contribution is 8.18. The summed E-state index contributed by atoms with van der Waals surface area (Å²) in [5, 5.41) is 0.431. The van der Waals surface area contributed by atoms with Crippen LogP contribution in [0.25, 0.3) is 6.08 Å². The molecule has 9 heteroatoms. The summed E-state index contributed by atoms with van der Waals surface area (Å²) in [7, 11) is 0. The minimum absolute atomic E-state index is 0.0322. The predicted octanol–water partition coefficient (Wildman–Crippen LogP) is 6.54. The normalized spacial score (nSPS) is 15.9. The Hall–Kier alpha value is -3.13. The summed E-state index contributed by atoms with van der Waals surface area (Å²) in [6.45, 7) is 0.532. The van der Waals surface area contributed by atoms with Crippen LogP contribution in [0.4, 0.5) is 4.79 Å². The molecule has 2 heterocycles. The van der Waals surface area contributed by atoms with E-state index in [2.05, 4.69) is 0 Å². The van der Waals surface area contributed by atoms with Gasteiger partial charge in [-0.25, -0.2) is 0 Å². The van der Waals surface area contributed by atoms with Crippen LogP contribution in [0.15, 0.2) is 65.6 Å². The Labute approximate surface area is 210 Å². The van der Waals surface area contributed by atoms with Gasteiger partial charge in [-0.2, -0.15) is 0 Å². The lowest BCUT2D eigenvalue weighted by atomic mass is 10.1. The van der Waals surface area contributed by atoms with Gasteiger partial charge in [-0.05, 0) is 52.7 Å². The van der Waals surface area contributed by atoms with Gasteiger partial charge in [-0.15, -0.1) is 0 Å². The van der Waals surface area contributed by atoms with E-state index in [-0.39, 0.29) is 18.6 Å². The number of halogens is 2. The Bertz CT molecular complexity index is 1310. The van der Waals surface area contributed by atoms with Crippen LogP contribution in [0.1, 0.15) is 16.7 Å². The van der Waals surface area contributed by atoms with Gasteiger partial charge in [-0.1, -0.05) is 59.6 Å². The first-order valence-electron chi connectivity index (χ1n) is 10.3. The molecule has 2 aliphatic rings. The smallest absolute Gasteiger partial charge is 0.293 e. The molecular formula is C25H17Cl2NO5S. The molecule has 1 fully saturated rings. The molecule has 3 aromatic rings. The van der Waals surface area contributed by atoms with E-state index in [1.54, 1.807) is 36.4 Å². The van der Waals surface area contributed by atoms with E-state index in [0.29, 0.717) is 49.9 Å². The van der Waals surface area contributed by atoms with Crippen molar-refractivity contribution < 1.29 is 23.8 Å². The van der Waals surface area contributed by atoms with Crippen molar-refractivity contribution in [3.63, 3.8) is 0 Å². The van der Waals surface area contributed by atoms with Crippen molar-refractivity contribution in [1.29, 1.82) is 0 Å². The van der Waals surface area contributed by atoms with Crippen LogP contribution >= 0.6 is 35.0 Å². The standard InChI is InChI=1S/C25H17Cl2NO5S/c26-18-11-22-21(32-14-33-22)10-17(18)12-28-24(29)23(34-25(28)30)9-16-6-7-20(19(27)8-16)31-13-15-4-2-1-3-5-15/h1-11H,12-14H2/b23-9-. The molecule has 0 radical (unpaired) electrons. The van der Waals surface area contributed by atoms with Gasteiger partial charge in [0, 0.05) is 11.1 Å². The zero-order chi connectivity index (χ0) is 23.7. The number of hydrogen-bond acceptors (Lipinski definition) is 6. The second kappa shape index (κ2) is 9.62. The Morgan fingerprint density at radius 2 is 1.74 bits per heavy atom. The fraction of sp³-hybridized carbons (Fsp3) is 0.120. The summed E-state index contributed by atoms with van der Waals surface area (Å²) in [6.07, 6.45) is 1.64. The molecule has 1 saturated heterocycles. The Balaban J connectivity index is 1.29. The van der Waals surface area contributed by atoms with E-state index >= 15 is 0 Å². The average Bonchev–Trinajstić information content (AvgIpc) is 3.38. The third-order valence-corrected chi connectivity index (χ3v) is 6.79.